The van der Waals surface area contributed by atoms with Gasteiger partial charge in [-0.15, -0.1) is 0 Å². The van der Waals surface area contributed by atoms with Gasteiger partial charge in [-0.1, -0.05) is 12.1 Å². The molecule has 0 spiro atoms. The molecule has 2 aromatic rings. The minimum atomic E-state index is -0.865. The van der Waals surface area contributed by atoms with Crippen molar-refractivity contribution >= 4 is 39.6 Å². The molecule has 0 saturated heterocycles. The zero-order valence-electron chi connectivity index (χ0n) is 14.0. The third-order valence-electron chi connectivity index (χ3n) is 3.44. The summed E-state index contributed by atoms with van der Waals surface area (Å²) >= 11 is 3.26. The van der Waals surface area contributed by atoms with E-state index in [4.69, 9.17) is 0 Å². The lowest BCUT2D eigenvalue weighted by atomic mass is 10.2. The van der Waals surface area contributed by atoms with E-state index in [0.29, 0.717) is 15.6 Å². The van der Waals surface area contributed by atoms with Crippen LogP contribution in [-0.2, 0) is 4.79 Å². The smallest absolute Gasteiger partial charge is 0.311 e. The lowest BCUT2D eigenvalue weighted by molar-refractivity contribution is -0.385. The predicted molar refractivity (Wildman–Crippen MR) is 102 cm³/mol. The lowest BCUT2D eigenvalue weighted by Gasteiger charge is -2.12. The second-order valence-corrected chi connectivity index (χ2v) is 6.27. The topological polar surface area (TPSA) is 134 Å². The zero-order valence-corrected chi connectivity index (χ0v) is 15.6. The molecule has 9 nitrogen and oxygen atoms in total. The summed E-state index contributed by atoms with van der Waals surface area (Å²) in [5.74, 6) is -1.47. The Morgan fingerprint density at radius 2 is 2.00 bits per heavy atom. The molecule has 27 heavy (non-hydrogen) atoms. The Balaban J connectivity index is 1.96. The van der Waals surface area contributed by atoms with Crippen molar-refractivity contribution in [3.63, 3.8) is 0 Å². The summed E-state index contributed by atoms with van der Waals surface area (Å²) in [5.41, 5.74) is 2.46. The van der Waals surface area contributed by atoms with Crippen LogP contribution in [0.25, 0.3) is 0 Å². The minimum absolute atomic E-state index is 0.310. The van der Waals surface area contributed by atoms with Crippen LogP contribution >= 0.6 is 15.9 Å². The molecule has 0 heterocycles. The maximum absolute atomic E-state index is 12.2. The highest BCUT2D eigenvalue weighted by Crippen LogP contribution is 2.25. The molecule has 0 aromatic heterocycles. The number of nitro groups is 1. The summed E-state index contributed by atoms with van der Waals surface area (Å²) in [7, 11) is 0. The van der Waals surface area contributed by atoms with E-state index in [9.17, 15) is 24.8 Å². The van der Waals surface area contributed by atoms with Crippen molar-refractivity contribution in [3.8, 4) is 5.75 Å². The first kappa shape index (κ1) is 20.0. The zero-order chi connectivity index (χ0) is 20.0. The van der Waals surface area contributed by atoms with Crippen LogP contribution in [0.15, 0.2) is 52.0 Å². The Hall–Kier alpha value is -3.27. The molecule has 0 fully saturated rings. The number of phenolic OH excluding ortho intramolecular Hbond substituents is 1. The number of nitrogens with one attached hydrogen (secondary N) is 2. The van der Waals surface area contributed by atoms with Gasteiger partial charge >= 0.3 is 5.69 Å². The van der Waals surface area contributed by atoms with Gasteiger partial charge in [-0.25, -0.2) is 5.43 Å². The molecule has 140 valence electrons. The molecule has 3 N–H and O–H groups in total. The SMILES string of the molecule is CC(NC(=O)c1ccccc1Br)C(=O)N/N=C/c1ccc(O)c([N+](=O)[O-])c1. The average molecular weight is 435 g/mol. The van der Waals surface area contributed by atoms with Gasteiger partial charge in [0, 0.05) is 16.1 Å². The summed E-state index contributed by atoms with van der Waals surface area (Å²) in [6.45, 7) is 1.49. The molecule has 1 atom stereocenters. The number of phenols is 1. The fraction of sp³-hybridized carbons (Fsp3) is 0.118. The highest BCUT2D eigenvalue weighted by molar-refractivity contribution is 9.10. The molecule has 1 unspecified atom stereocenters. The third kappa shape index (κ3) is 5.35. The van der Waals surface area contributed by atoms with Gasteiger partial charge in [-0.05, 0) is 47.1 Å². The van der Waals surface area contributed by atoms with E-state index in [2.05, 4.69) is 31.8 Å². The normalized spacial score (nSPS) is 11.8. The number of rotatable bonds is 6. The summed E-state index contributed by atoms with van der Waals surface area (Å²) in [4.78, 5) is 34.2. The first-order valence-corrected chi connectivity index (χ1v) is 8.44. The van der Waals surface area contributed by atoms with E-state index in [1.165, 1.54) is 19.2 Å². The third-order valence-corrected chi connectivity index (χ3v) is 4.14. The molecule has 2 rings (SSSR count). The maximum Gasteiger partial charge on any atom is 0.311 e. The maximum atomic E-state index is 12.2. The molecule has 0 aliphatic rings. The van der Waals surface area contributed by atoms with Gasteiger partial charge in [-0.3, -0.25) is 19.7 Å². The predicted octanol–water partition coefficient (Wildman–Crippen LogP) is 2.33. The summed E-state index contributed by atoms with van der Waals surface area (Å²) in [6, 6.07) is 9.59. The number of benzene rings is 2. The Labute approximate surface area is 162 Å². The van der Waals surface area contributed by atoms with E-state index < -0.39 is 34.2 Å². The monoisotopic (exact) mass is 434 g/mol. The van der Waals surface area contributed by atoms with E-state index in [1.807, 2.05) is 0 Å². The number of hydrogen-bond acceptors (Lipinski definition) is 6. The van der Waals surface area contributed by atoms with Gasteiger partial charge in [0.25, 0.3) is 11.8 Å². The molecule has 2 amide bonds. The highest BCUT2D eigenvalue weighted by atomic mass is 79.9. The number of halogens is 1. The van der Waals surface area contributed by atoms with Crippen LogP contribution in [0.3, 0.4) is 0 Å². The van der Waals surface area contributed by atoms with Gasteiger partial charge in [-0.2, -0.15) is 5.10 Å². The van der Waals surface area contributed by atoms with Crippen LogP contribution in [0.2, 0.25) is 0 Å². The summed E-state index contributed by atoms with van der Waals surface area (Å²) in [6.07, 6.45) is 1.19. The fourth-order valence-electron chi connectivity index (χ4n) is 2.02. The van der Waals surface area contributed by atoms with Gasteiger partial charge in [0.15, 0.2) is 5.75 Å². The number of hydrogen-bond donors (Lipinski definition) is 3. The van der Waals surface area contributed by atoms with E-state index in [1.54, 1.807) is 24.3 Å². The van der Waals surface area contributed by atoms with Crippen molar-refractivity contribution < 1.29 is 19.6 Å². The van der Waals surface area contributed by atoms with Gasteiger partial charge < -0.3 is 10.4 Å². The molecule has 0 bridgehead atoms. The standard InChI is InChI=1S/C17H15BrN4O5/c1-10(20-17(25)12-4-2-3-5-13(12)18)16(24)21-19-9-11-6-7-15(23)14(8-11)22(26)27/h2-10,23H,1H3,(H,20,25)(H,21,24)/b19-9+. The first-order chi connectivity index (χ1) is 12.8. The molecule has 0 radical (unpaired) electrons. The fourth-order valence-corrected chi connectivity index (χ4v) is 2.48. The highest BCUT2D eigenvalue weighted by Gasteiger charge is 2.17. The van der Waals surface area contributed by atoms with Crippen molar-refractivity contribution in [2.75, 3.05) is 0 Å². The molecular weight excluding hydrogens is 420 g/mol. The summed E-state index contributed by atoms with van der Waals surface area (Å²) < 4.78 is 0.599. The van der Waals surface area contributed by atoms with Crippen molar-refractivity contribution in [2.45, 2.75) is 13.0 Å². The van der Waals surface area contributed by atoms with Crippen molar-refractivity contribution in [1.29, 1.82) is 0 Å². The van der Waals surface area contributed by atoms with Crippen LogP contribution in [0.1, 0.15) is 22.8 Å². The van der Waals surface area contributed by atoms with Crippen LogP contribution in [0.5, 0.6) is 5.75 Å². The average Bonchev–Trinajstić information content (AvgIpc) is 2.62. The Morgan fingerprint density at radius 3 is 2.67 bits per heavy atom. The van der Waals surface area contributed by atoms with Crippen LogP contribution in [0.4, 0.5) is 5.69 Å². The molecular formula is C17H15BrN4O5. The molecule has 10 heteroatoms. The Kier molecular flexibility index (Phi) is 6.61. The lowest BCUT2D eigenvalue weighted by Crippen LogP contribution is -2.43. The van der Waals surface area contributed by atoms with Gasteiger partial charge in [0.1, 0.15) is 6.04 Å². The Morgan fingerprint density at radius 1 is 1.30 bits per heavy atom. The van der Waals surface area contributed by atoms with Crippen LogP contribution < -0.4 is 10.7 Å². The number of nitrogens with zero attached hydrogens (tertiary/aromatic N) is 2. The van der Waals surface area contributed by atoms with Crippen molar-refractivity contribution in [3.05, 3.63) is 68.2 Å². The van der Waals surface area contributed by atoms with Crippen molar-refractivity contribution in [2.24, 2.45) is 5.10 Å². The second kappa shape index (κ2) is 8.90. The summed E-state index contributed by atoms with van der Waals surface area (Å²) in [5, 5.41) is 26.4. The number of nitro benzene ring substituents is 1. The first-order valence-electron chi connectivity index (χ1n) is 7.65. The van der Waals surface area contributed by atoms with Crippen LogP contribution in [-0.4, -0.2) is 34.1 Å². The molecule has 2 aromatic carbocycles. The largest absolute Gasteiger partial charge is 0.502 e. The molecule has 0 saturated carbocycles. The number of carbonyl (C=O) groups is 2. The van der Waals surface area contributed by atoms with Crippen LogP contribution in [0, 0.1) is 10.1 Å². The number of amides is 2. The second-order valence-electron chi connectivity index (χ2n) is 5.41. The molecule has 0 aliphatic heterocycles. The quantitative estimate of drug-likeness (QED) is 0.364. The number of aromatic hydroxyl groups is 1. The molecule has 0 aliphatic carbocycles. The van der Waals surface area contributed by atoms with Gasteiger partial charge in [0.05, 0.1) is 16.7 Å². The van der Waals surface area contributed by atoms with Gasteiger partial charge in [0.2, 0.25) is 0 Å². The Bertz CT molecular complexity index is 916. The van der Waals surface area contributed by atoms with E-state index >= 15 is 0 Å². The minimum Gasteiger partial charge on any atom is -0.502 e. The van der Waals surface area contributed by atoms with E-state index in [-0.39, 0.29) is 0 Å². The number of hydrazone groups is 1. The number of carbonyl (C=O) groups excluding carboxylic acids is 2. The van der Waals surface area contributed by atoms with E-state index in [0.717, 1.165) is 12.1 Å². The van der Waals surface area contributed by atoms with Crippen molar-refractivity contribution in [1.82, 2.24) is 10.7 Å².